The number of H-pyrrole nitrogens is 1. The molecule has 0 spiro atoms. The highest BCUT2D eigenvalue weighted by Gasteiger charge is 2.53. The lowest BCUT2D eigenvalue weighted by atomic mass is 9.67. The topological polar surface area (TPSA) is 100 Å². The van der Waals surface area contributed by atoms with Crippen LogP contribution in [0.4, 0.5) is 27.8 Å². The van der Waals surface area contributed by atoms with Gasteiger partial charge in [-0.15, -0.1) is 0 Å². The van der Waals surface area contributed by atoms with E-state index in [0.717, 1.165) is 4.90 Å². The number of benzene rings is 1. The predicted molar refractivity (Wildman–Crippen MR) is 126 cm³/mol. The average molecular weight is 537 g/mol. The van der Waals surface area contributed by atoms with Gasteiger partial charge in [-0.2, -0.15) is 13.9 Å². The Balaban J connectivity index is 1.42. The molecular weight excluding hydrogens is 513 g/mol. The quantitative estimate of drug-likeness (QED) is 0.449. The van der Waals surface area contributed by atoms with Crippen LogP contribution in [0.2, 0.25) is 0 Å². The second-order valence-corrected chi connectivity index (χ2v) is 9.64. The van der Waals surface area contributed by atoms with Crippen molar-refractivity contribution in [2.75, 3.05) is 11.9 Å². The van der Waals surface area contributed by atoms with E-state index in [-0.39, 0.29) is 37.4 Å². The molecule has 2 N–H and O–H groups in total. The molecule has 2 amide bonds. The minimum absolute atomic E-state index is 0.156. The van der Waals surface area contributed by atoms with Gasteiger partial charge in [-0.25, -0.2) is 18.2 Å². The van der Waals surface area contributed by atoms with E-state index in [1.54, 1.807) is 6.07 Å². The van der Waals surface area contributed by atoms with Crippen LogP contribution in [0.1, 0.15) is 37.7 Å². The molecule has 1 saturated heterocycles. The Morgan fingerprint density at radius 1 is 1.08 bits per heavy atom. The number of carbonyl (C=O) groups is 2. The fourth-order valence-corrected chi connectivity index (χ4v) is 5.27. The van der Waals surface area contributed by atoms with Gasteiger partial charge in [-0.05, 0) is 42.7 Å². The van der Waals surface area contributed by atoms with Crippen molar-refractivity contribution in [1.82, 2.24) is 20.1 Å². The van der Waals surface area contributed by atoms with Crippen LogP contribution < -0.4 is 10.1 Å². The highest BCUT2D eigenvalue weighted by Crippen LogP contribution is 2.47. The number of aromatic amines is 1. The second kappa shape index (κ2) is 9.84. The van der Waals surface area contributed by atoms with Gasteiger partial charge in [0.05, 0.1) is 23.7 Å². The molecule has 1 aromatic carbocycles. The van der Waals surface area contributed by atoms with Crippen molar-refractivity contribution in [2.45, 2.75) is 62.3 Å². The lowest BCUT2D eigenvalue weighted by molar-refractivity contribution is -0.146. The monoisotopic (exact) mass is 537 g/mol. The minimum atomic E-state index is -3.06. The Morgan fingerprint density at radius 2 is 1.79 bits per heavy atom. The number of fused-ring (bicyclic) bond motifs is 1. The van der Waals surface area contributed by atoms with Crippen molar-refractivity contribution in [3.05, 3.63) is 48.2 Å². The van der Waals surface area contributed by atoms with Crippen LogP contribution in [-0.4, -0.2) is 63.2 Å². The number of nitrogens with one attached hydrogen (secondary N) is 2. The first-order valence-corrected chi connectivity index (χ1v) is 12.1. The molecule has 1 aliphatic carbocycles. The first kappa shape index (κ1) is 25.9. The van der Waals surface area contributed by atoms with Gasteiger partial charge in [0, 0.05) is 19.3 Å². The number of pyridine rings is 1. The number of amides is 2. The molecule has 2 aliphatic rings. The third-order valence-corrected chi connectivity index (χ3v) is 7.24. The molecule has 1 aliphatic heterocycles. The highest BCUT2D eigenvalue weighted by atomic mass is 19.3. The van der Waals surface area contributed by atoms with Gasteiger partial charge in [0.1, 0.15) is 29.3 Å². The maximum Gasteiger partial charge on any atom is 0.387 e. The first-order valence-electron chi connectivity index (χ1n) is 12.1. The molecule has 202 valence electrons. The van der Waals surface area contributed by atoms with E-state index in [2.05, 4.69) is 25.2 Å². The maximum absolute atomic E-state index is 14.6. The summed E-state index contributed by atoms with van der Waals surface area (Å²) in [5, 5.41) is 9.20. The van der Waals surface area contributed by atoms with Gasteiger partial charge in [-0.1, -0.05) is 12.1 Å². The van der Waals surface area contributed by atoms with E-state index >= 15 is 0 Å². The van der Waals surface area contributed by atoms with Crippen molar-refractivity contribution in [1.29, 1.82) is 0 Å². The molecule has 2 fully saturated rings. The second-order valence-electron chi connectivity index (χ2n) is 9.64. The summed E-state index contributed by atoms with van der Waals surface area (Å²) in [4.78, 5) is 32.5. The molecule has 3 heterocycles. The molecular formula is C25H24F5N5O3. The standard InChI is InChI=1S/C25H24F5N5O3/c26-15-11-19(21(36)33-20-6-5-17-18(32-20)12-31-34-17)35(13-15)22(37)24(7-9-25(29,30)10-8-24)14-1-3-16(4-2-14)38-23(27)28/h1-6,12,15,19,23H,7-11,13H2,(H,31,34)(H,32,33,36)/t15-,19-/m1/s1. The van der Waals surface area contributed by atoms with E-state index < -0.39 is 54.8 Å². The van der Waals surface area contributed by atoms with Crippen molar-refractivity contribution in [3.8, 4) is 5.75 Å². The summed E-state index contributed by atoms with van der Waals surface area (Å²) >= 11 is 0. The van der Waals surface area contributed by atoms with Crippen molar-refractivity contribution in [3.63, 3.8) is 0 Å². The lowest BCUT2D eigenvalue weighted by Gasteiger charge is -2.42. The molecule has 8 nitrogen and oxygen atoms in total. The number of nitrogens with zero attached hydrogens (tertiary/aromatic N) is 3. The zero-order valence-electron chi connectivity index (χ0n) is 20.0. The number of aromatic nitrogens is 3. The van der Waals surface area contributed by atoms with Gasteiger partial charge in [0.15, 0.2) is 0 Å². The maximum atomic E-state index is 14.6. The molecule has 2 aromatic heterocycles. The Labute approximate surface area is 213 Å². The third kappa shape index (κ3) is 5.01. The van der Waals surface area contributed by atoms with E-state index in [4.69, 9.17) is 0 Å². The number of rotatable bonds is 6. The Kier molecular flexibility index (Phi) is 6.70. The molecule has 2 atom stereocenters. The number of ether oxygens (including phenoxy) is 1. The van der Waals surface area contributed by atoms with Crippen LogP contribution in [0.3, 0.4) is 0 Å². The van der Waals surface area contributed by atoms with Crippen LogP contribution in [0.5, 0.6) is 5.75 Å². The number of anilines is 1. The number of alkyl halides is 5. The lowest BCUT2D eigenvalue weighted by Crippen LogP contribution is -2.54. The summed E-state index contributed by atoms with van der Waals surface area (Å²) in [5.41, 5.74) is -0.0350. The number of hydrogen-bond donors (Lipinski definition) is 2. The van der Waals surface area contributed by atoms with Crippen LogP contribution in [-0.2, 0) is 15.0 Å². The zero-order chi connectivity index (χ0) is 27.1. The van der Waals surface area contributed by atoms with Crippen LogP contribution in [0.15, 0.2) is 42.6 Å². The van der Waals surface area contributed by atoms with E-state index in [9.17, 15) is 31.5 Å². The Bertz CT molecular complexity index is 1320. The summed E-state index contributed by atoms with van der Waals surface area (Å²) in [6.45, 7) is -3.44. The van der Waals surface area contributed by atoms with Crippen LogP contribution in [0.25, 0.3) is 11.0 Å². The van der Waals surface area contributed by atoms with Crippen molar-refractivity contribution in [2.24, 2.45) is 0 Å². The van der Waals surface area contributed by atoms with Crippen molar-refractivity contribution < 1.29 is 36.3 Å². The minimum Gasteiger partial charge on any atom is -0.435 e. The van der Waals surface area contributed by atoms with Gasteiger partial charge in [0.2, 0.25) is 17.7 Å². The normalized spacial score (nSPS) is 22.5. The van der Waals surface area contributed by atoms with Gasteiger partial charge >= 0.3 is 6.61 Å². The summed E-state index contributed by atoms with van der Waals surface area (Å²) in [6.07, 6.45) is -1.99. The van der Waals surface area contributed by atoms with E-state index in [1.165, 1.54) is 36.5 Å². The summed E-state index contributed by atoms with van der Waals surface area (Å²) in [7, 11) is 0. The molecule has 38 heavy (non-hydrogen) atoms. The summed E-state index contributed by atoms with van der Waals surface area (Å²) in [6, 6.07) is 7.20. The molecule has 0 radical (unpaired) electrons. The molecule has 5 rings (SSSR count). The largest absolute Gasteiger partial charge is 0.435 e. The smallest absolute Gasteiger partial charge is 0.387 e. The Hall–Kier alpha value is -3.77. The van der Waals surface area contributed by atoms with Gasteiger partial charge in [-0.3, -0.25) is 14.7 Å². The number of carbonyl (C=O) groups excluding carboxylic acids is 2. The van der Waals surface area contributed by atoms with Crippen LogP contribution in [0, 0.1) is 0 Å². The fraction of sp³-hybridized carbons (Fsp3) is 0.440. The number of hydrogen-bond acceptors (Lipinski definition) is 5. The molecule has 1 saturated carbocycles. The summed E-state index contributed by atoms with van der Waals surface area (Å²) in [5.74, 6) is -4.28. The number of halogens is 5. The zero-order valence-corrected chi connectivity index (χ0v) is 20.0. The molecule has 0 bridgehead atoms. The van der Waals surface area contributed by atoms with E-state index in [1.807, 2.05) is 0 Å². The van der Waals surface area contributed by atoms with Crippen molar-refractivity contribution >= 4 is 28.7 Å². The van der Waals surface area contributed by atoms with Crippen LogP contribution >= 0.6 is 0 Å². The predicted octanol–water partition coefficient (Wildman–Crippen LogP) is 4.58. The summed E-state index contributed by atoms with van der Waals surface area (Å²) < 4.78 is 72.5. The fourth-order valence-electron chi connectivity index (χ4n) is 5.27. The van der Waals surface area contributed by atoms with Gasteiger partial charge in [0.25, 0.3) is 0 Å². The Morgan fingerprint density at radius 3 is 2.47 bits per heavy atom. The van der Waals surface area contributed by atoms with E-state index in [0.29, 0.717) is 16.6 Å². The molecule has 0 unspecified atom stereocenters. The SMILES string of the molecule is O=C(Nc1ccc2[nH]ncc2n1)[C@H]1C[C@@H](F)CN1C(=O)C1(c2ccc(OC(F)F)cc2)CCC(F)(F)CC1. The average Bonchev–Trinajstić information content (AvgIpc) is 3.50. The molecule has 13 heteroatoms. The third-order valence-electron chi connectivity index (χ3n) is 7.24. The first-order chi connectivity index (χ1) is 18.1. The van der Waals surface area contributed by atoms with Gasteiger partial charge < -0.3 is 15.0 Å². The molecule has 3 aromatic rings. The number of likely N-dealkylation sites (tertiary alicyclic amines) is 1. The highest BCUT2D eigenvalue weighted by molar-refractivity contribution is 5.99.